The summed E-state index contributed by atoms with van der Waals surface area (Å²) in [6.45, 7) is 4.36. The molecule has 1 saturated carbocycles. The van der Waals surface area contributed by atoms with Crippen LogP contribution in [0.2, 0.25) is 5.15 Å². The number of aromatic nitrogens is 4. The van der Waals surface area contributed by atoms with Gasteiger partial charge >= 0.3 is 5.69 Å². The van der Waals surface area contributed by atoms with Crippen LogP contribution in [-0.2, 0) is 0 Å². The van der Waals surface area contributed by atoms with Gasteiger partial charge in [0.25, 0.3) is 5.56 Å². The molecule has 1 aliphatic carbocycles. The molecular formula is C20H19ClN4O2. The quantitative estimate of drug-likeness (QED) is 0.721. The molecule has 0 spiro atoms. The first-order chi connectivity index (χ1) is 12.9. The second kappa shape index (κ2) is 6.78. The maximum absolute atomic E-state index is 12.0. The molecule has 27 heavy (non-hydrogen) atoms. The highest BCUT2D eigenvalue weighted by Gasteiger charge is 2.41. The number of H-pyrrole nitrogens is 2. The number of rotatable bonds is 4. The first-order valence-electron chi connectivity index (χ1n) is 8.89. The Morgan fingerprint density at radius 3 is 2.52 bits per heavy atom. The van der Waals surface area contributed by atoms with E-state index in [0.29, 0.717) is 22.7 Å². The molecule has 138 valence electrons. The Balaban J connectivity index is 1.63. The largest absolute Gasteiger partial charge is 0.325 e. The Hall–Kier alpha value is -2.73. The van der Waals surface area contributed by atoms with Crippen LogP contribution in [0.1, 0.15) is 54.7 Å². The molecule has 1 fully saturated rings. The van der Waals surface area contributed by atoms with Gasteiger partial charge in [-0.15, -0.1) is 10.2 Å². The van der Waals surface area contributed by atoms with Crippen LogP contribution in [0.25, 0.3) is 11.3 Å². The van der Waals surface area contributed by atoms with Gasteiger partial charge < -0.3 is 4.98 Å². The van der Waals surface area contributed by atoms with Crippen LogP contribution in [0, 0.1) is 0 Å². The van der Waals surface area contributed by atoms with E-state index in [-0.39, 0.29) is 11.5 Å². The predicted octanol–water partition coefficient (Wildman–Crippen LogP) is 3.57. The number of hydrogen-bond acceptors (Lipinski definition) is 4. The van der Waals surface area contributed by atoms with E-state index in [0.717, 1.165) is 12.0 Å². The lowest BCUT2D eigenvalue weighted by atomic mass is 9.99. The average Bonchev–Trinajstić information content (AvgIpc) is 3.43. The molecule has 7 heteroatoms. The molecule has 4 rings (SSSR count). The number of benzene rings is 1. The minimum absolute atomic E-state index is 0.249. The fraction of sp³-hybridized carbons (Fsp3) is 0.300. The highest BCUT2D eigenvalue weighted by atomic mass is 35.5. The summed E-state index contributed by atoms with van der Waals surface area (Å²) in [5.41, 5.74) is 3.08. The second-order valence-corrected chi connectivity index (χ2v) is 7.59. The smallest absolute Gasteiger partial charge is 0.313 e. The van der Waals surface area contributed by atoms with Crippen molar-refractivity contribution in [1.82, 2.24) is 20.2 Å². The van der Waals surface area contributed by atoms with Crippen LogP contribution >= 0.6 is 11.6 Å². The van der Waals surface area contributed by atoms with Crippen molar-refractivity contribution in [2.24, 2.45) is 0 Å². The monoisotopic (exact) mass is 382 g/mol. The SMILES string of the molecule is CC(C)c1ccc([C@H]2C[C@@H]2c2cc(-c3c[nH]c(=O)[nH]c3=O)nnc2Cl)cc1. The topological polar surface area (TPSA) is 91.5 Å². The first-order valence-corrected chi connectivity index (χ1v) is 9.27. The molecule has 0 unspecified atom stereocenters. The molecule has 2 aromatic heterocycles. The maximum Gasteiger partial charge on any atom is 0.325 e. The molecule has 0 saturated heterocycles. The summed E-state index contributed by atoms with van der Waals surface area (Å²) >= 11 is 6.29. The van der Waals surface area contributed by atoms with Gasteiger partial charge in [-0.2, -0.15) is 0 Å². The third kappa shape index (κ3) is 3.45. The number of nitrogens with zero attached hydrogens (tertiary/aromatic N) is 2. The summed E-state index contributed by atoms with van der Waals surface area (Å²) in [6.07, 6.45) is 2.33. The predicted molar refractivity (Wildman–Crippen MR) is 104 cm³/mol. The first kappa shape index (κ1) is 17.7. The minimum atomic E-state index is -0.557. The zero-order valence-electron chi connectivity index (χ0n) is 15.0. The van der Waals surface area contributed by atoms with Gasteiger partial charge in [-0.25, -0.2) is 4.79 Å². The van der Waals surface area contributed by atoms with E-state index < -0.39 is 11.2 Å². The van der Waals surface area contributed by atoms with Crippen LogP contribution in [0.15, 0.2) is 46.1 Å². The van der Waals surface area contributed by atoms with Crippen molar-refractivity contribution in [2.45, 2.75) is 38.0 Å². The highest BCUT2D eigenvalue weighted by molar-refractivity contribution is 6.30. The van der Waals surface area contributed by atoms with Crippen molar-refractivity contribution in [3.63, 3.8) is 0 Å². The summed E-state index contributed by atoms with van der Waals surface area (Å²) in [4.78, 5) is 27.9. The Labute approximate surface area is 160 Å². The third-order valence-corrected chi connectivity index (χ3v) is 5.39. The van der Waals surface area contributed by atoms with Gasteiger partial charge in [0.2, 0.25) is 0 Å². The van der Waals surface area contributed by atoms with Crippen LogP contribution < -0.4 is 11.2 Å². The molecule has 1 aromatic carbocycles. The van der Waals surface area contributed by atoms with Crippen LogP contribution in [0.5, 0.6) is 0 Å². The third-order valence-electron chi connectivity index (χ3n) is 5.09. The van der Waals surface area contributed by atoms with E-state index in [1.54, 1.807) is 6.07 Å². The number of halogens is 1. The summed E-state index contributed by atoms with van der Waals surface area (Å²) in [5, 5.41) is 8.38. The summed E-state index contributed by atoms with van der Waals surface area (Å²) in [5.74, 6) is 1.14. The Bertz CT molecular complexity index is 1100. The minimum Gasteiger partial charge on any atom is -0.313 e. The molecule has 2 N–H and O–H groups in total. The molecule has 2 atom stereocenters. The molecular weight excluding hydrogens is 364 g/mol. The van der Waals surface area contributed by atoms with Crippen molar-refractivity contribution in [1.29, 1.82) is 0 Å². The van der Waals surface area contributed by atoms with Crippen LogP contribution in [0.3, 0.4) is 0 Å². The number of nitrogens with one attached hydrogen (secondary N) is 2. The molecule has 6 nitrogen and oxygen atoms in total. The van der Waals surface area contributed by atoms with Crippen molar-refractivity contribution in [3.8, 4) is 11.3 Å². The van der Waals surface area contributed by atoms with Gasteiger partial charge in [-0.1, -0.05) is 49.7 Å². The molecule has 0 bridgehead atoms. The fourth-order valence-electron chi connectivity index (χ4n) is 3.42. The van der Waals surface area contributed by atoms with E-state index in [4.69, 9.17) is 11.6 Å². The Morgan fingerprint density at radius 1 is 1.11 bits per heavy atom. The zero-order chi connectivity index (χ0) is 19.1. The van der Waals surface area contributed by atoms with Gasteiger partial charge in [-0.05, 0) is 46.9 Å². The van der Waals surface area contributed by atoms with E-state index in [9.17, 15) is 9.59 Å². The molecule has 3 aromatic rings. The van der Waals surface area contributed by atoms with Gasteiger partial charge in [0.05, 0.1) is 5.56 Å². The molecule has 0 amide bonds. The lowest BCUT2D eigenvalue weighted by Gasteiger charge is -2.08. The highest BCUT2D eigenvalue weighted by Crippen LogP contribution is 2.56. The normalized spacial score (nSPS) is 18.7. The van der Waals surface area contributed by atoms with E-state index >= 15 is 0 Å². The number of aromatic amines is 2. The van der Waals surface area contributed by atoms with E-state index in [1.165, 1.54) is 17.3 Å². The molecule has 0 radical (unpaired) electrons. The van der Waals surface area contributed by atoms with Crippen molar-refractivity contribution in [2.75, 3.05) is 0 Å². The van der Waals surface area contributed by atoms with E-state index in [2.05, 4.69) is 58.3 Å². The number of hydrogen-bond donors (Lipinski definition) is 2. The van der Waals surface area contributed by atoms with Gasteiger partial charge in [0.1, 0.15) is 5.69 Å². The van der Waals surface area contributed by atoms with Crippen molar-refractivity contribution < 1.29 is 0 Å². The maximum atomic E-state index is 12.0. The molecule has 2 heterocycles. The lowest BCUT2D eigenvalue weighted by molar-refractivity contribution is 0.864. The average molecular weight is 383 g/mol. The van der Waals surface area contributed by atoms with Crippen LogP contribution in [-0.4, -0.2) is 20.2 Å². The Morgan fingerprint density at radius 2 is 1.85 bits per heavy atom. The fourth-order valence-corrected chi connectivity index (χ4v) is 3.65. The lowest BCUT2D eigenvalue weighted by Crippen LogP contribution is -2.23. The molecule has 1 aliphatic rings. The van der Waals surface area contributed by atoms with E-state index in [1.807, 2.05) is 0 Å². The standard InChI is InChI=1S/C20H19ClN4O2/c1-10(2)11-3-5-12(6-4-11)13-7-14(13)15-8-17(24-25-18(15)21)16-9-22-20(27)23-19(16)26/h3-6,8-10,13-14H,7H2,1-2H3,(H2,22,23,26,27)/t13-,14+/m1/s1. The zero-order valence-corrected chi connectivity index (χ0v) is 15.7. The second-order valence-electron chi connectivity index (χ2n) is 7.23. The van der Waals surface area contributed by atoms with Gasteiger partial charge in [0, 0.05) is 6.20 Å². The van der Waals surface area contributed by atoms with Gasteiger partial charge in [0.15, 0.2) is 5.15 Å². The Kier molecular flexibility index (Phi) is 4.44. The summed E-state index contributed by atoms with van der Waals surface area (Å²) in [7, 11) is 0. The van der Waals surface area contributed by atoms with Crippen molar-refractivity contribution in [3.05, 3.63) is 79.2 Å². The summed E-state index contributed by atoms with van der Waals surface area (Å²) in [6, 6.07) is 10.5. The molecule has 0 aliphatic heterocycles. The van der Waals surface area contributed by atoms with Gasteiger partial charge in [-0.3, -0.25) is 9.78 Å². The van der Waals surface area contributed by atoms with Crippen LogP contribution in [0.4, 0.5) is 0 Å². The summed E-state index contributed by atoms with van der Waals surface area (Å²) < 4.78 is 0. The van der Waals surface area contributed by atoms with Crippen molar-refractivity contribution >= 4 is 11.6 Å².